The third kappa shape index (κ3) is 5.66. The van der Waals surface area contributed by atoms with Crippen LogP contribution in [-0.2, 0) is 14.3 Å². The molecule has 0 aromatic heterocycles. The predicted octanol–water partition coefficient (Wildman–Crippen LogP) is 4.84. The first-order chi connectivity index (χ1) is 16.6. The summed E-state index contributed by atoms with van der Waals surface area (Å²) in [6.45, 7) is 6.00. The van der Waals surface area contributed by atoms with Crippen molar-refractivity contribution in [1.29, 1.82) is 0 Å². The largest absolute Gasteiger partial charge is 0.480 e. The minimum atomic E-state index is -1.06. The van der Waals surface area contributed by atoms with Crippen molar-refractivity contribution >= 4 is 18.0 Å². The zero-order valence-electron chi connectivity index (χ0n) is 20.6. The van der Waals surface area contributed by atoms with E-state index in [9.17, 15) is 19.5 Å². The maximum Gasteiger partial charge on any atom is 0.407 e. The van der Waals surface area contributed by atoms with Crippen molar-refractivity contribution in [2.24, 2.45) is 5.41 Å². The molecule has 2 amide bonds. The normalized spacial score (nSPS) is 16.9. The van der Waals surface area contributed by atoms with Crippen LogP contribution < -0.4 is 10.6 Å². The Labute approximate surface area is 206 Å². The molecule has 2 aromatic carbocycles. The Hall–Kier alpha value is -3.35. The molecule has 0 radical (unpaired) electrons. The molecule has 3 N–H and O–H groups in total. The lowest BCUT2D eigenvalue weighted by molar-refractivity contribution is -0.143. The molecule has 0 bridgehead atoms. The fourth-order valence-corrected chi connectivity index (χ4v) is 5.17. The number of aliphatic carboxylic acids is 1. The number of rotatable bonds is 8. The van der Waals surface area contributed by atoms with Crippen molar-refractivity contribution in [1.82, 2.24) is 10.6 Å². The van der Waals surface area contributed by atoms with E-state index in [0.717, 1.165) is 28.7 Å². The van der Waals surface area contributed by atoms with Crippen LogP contribution in [0.15, 0.2) is 48.5 Å². The van der Waals surface area contributed by atoms with Crippen LogP contribution in [0.3, 0.4) is 0 Å². The number of hydrogen-bond donors (Lipinski definition) is 3. The molecule has 1 fully saturated rings. The Bertz CT molecular complexity index is 1070. The van der Waals surface area contributed by atoms with Crippen molar-refractivity contribution in [3.63, 3.8) is 0 Å². The van der Waals surface area contributed by atoms with Gasteiger partial charge in [-0.3, -0.25) is 4.79 Å². The summed E-state index contributed by atoms with van der Waals surface area (Å²) in [5.41, 5.74) is 3.65. The van der Waals surface area contributed by atoms with Crippen molar-refractivity contribution in [3.05, 3.63) is 59.7 Å². The molecule has 0 saturated heterocycles. The van der Waals surface area contributed by atoms with E-state index in [1.807, 2.05) is 45.0 Å². The van der Waals surface area contributed by atoms with Gasteiger partial charge in [0.25, 0.3) is 0 Å². The molecule has 186 valence electrons. The van der Waals surface area contributed by atoms with Gasteiger partial charge in [-0.2, -0.15) is 0 Å². The second kappa shape index (κ2) is 9.72. The maximum absolute atomic E-state index is 12.8. The van der Waals surface area contributed by atoms with Crippen LogP contribution in [0.4, 0.5) is 4.79 Å². The molecule has 2 aromatic rings. The van der Waals surface area contributed by atoms with Gasteiger partial charge in [0.1, 0.15) is 12.6 Å². The van der Waals surface area contributed by atoms with Crippen LogP contribution >= 0.6 is 0 Å². The average Bonchev–Trinajstić information content (AvgIpc) is 3.08. The zero-order chi connectivity index (χ0) is 25.2. The predicted molar refractivity (Wildman–Crippen MR) is 133 cm³/mol. The highest BCUT2D eigenvalue weighted by molar-refractivity contribution is 5.85. The number of carbonyl (C=O) groups excluding carboxylic acids is 2. The SMILES string of the molecule is CC(C)(C)CC(NC(=O)CC1(NC(=O)OCC2c3ccccc3-c3ccccc32)CCC1)C(=O)O. The van der Waals surface area contributed by atoms with Gasteiger partial charge in [-0.05, 0) is 53.4 Å². The number of ether oxygens (including phenoxy) is 1. The summed E-state index contributed by atoms with van der Waals surface area (Å²) in [6, 6.07) is 15.3. The molecule has 35 heavy (non-hydrogen) atoms. The fourth-order valence-electron chi connectivity index (χ4n) is 5.17. The Morgan fingerprint density at radius 3 is 2.09 bits per heavy atom. The van der Waals surface area contributed by atoms with Crippen molar-refractivity contribution in [3.8, 4) is 11.1 Å². The van der Waals surface area contributed by atoms with Gasteiger partial charge < -0.3 is 20.5 Å². The smallest absolute Gasteiger partial charge is 0.407 e. The van der Waals surface area contributed by atoms with Gasteiger partial charge >= 0.3 is 12.1 Å². The van der Waals surface area contributed by atoms with Crippen LogP contribution in [0.2, 0.25) is 0 Å². The number of nitrogens with one attached hydrogen (secondary N) is 2. The van der Waals surface area contributed by atoms with Gasteiger partial charge in [-0.15, -0.1) is 0 Å². The molecule has 0 spiro atoms. The lowest BCUT2D eigenvalue weighted by Gasteiger charge is -2.42. The van der Waals surface area contributed by atoms with E-state index < -0.39 is 23.6 Å². The van der Waals surface area contributed by atoms with Crippen molar-refractivity contribution < 1.29 is 24.2 Å². The molecular weight excluding hydrogens is 444 g/mol. The van der Waals surface area contributed by atoms with Crippen LogP contribution in [0.1, 0.15) is 69.9 Å². The third-order valence-corrected chi connectivity index (χ3v) is 6.97. The highest BCUT2D eigenvalue weighted by Crippen LogP contribution is 2.44. The number of carboxylic acids is 1. The molecule has 2 aliphatic rings. The standard InChI is InChI=1S/C28H34N2O5/c1-27(2,3)15-23(25(32)33)29-24(31)16-28(13-8-14-28)30-26(34)35-17-22-20-11-6-4-9-18(20)19-10-5-7-12-21(19)22/h4-7,9-12,22-23H,8,13-17H2,1-3H3,(H,29,31)(H,30,34)(H,32,33). The van der Waals surface area contributed by atoms with Crippen LogP contribution in [-0.4, -0.2) is 41.3 Å². The number of alkyl carbamates (subject to hydrolysis) is 1. The fraction of sp³-hybridized carbons (Fsp3) is 0.464. The van der Waals surface area contributed by atoms with E-state index in [1.54, 1.807) is 0 Å². The van der Waals surface area contributed by atoms with E-state index in [2.05, 4.69) is 34.9 Å². The third-order valence-electron chi connectivity index (χ3n) is 6.97. The van der Waals surface area contributed by atoms with E-state index in [4.69, 9.17) is 4.74 Å². The molecule has 0 heterocycles. The van der Waals surface area contributed by atoms with Crippen molar-refractivity contribution in [2.45, 2.75) is 70.4 Å². The molecule has 1 unspecified atom stereocenters. The first-order valence-corrected chi connectivity index (χ1v) is 12.2. The van der Waals surface area contributed by atoms with E-state index in [1.165, 1.54) is 0 Å². The van der Waals surface area contributed by atoms with E-state index in [-0.39, 0.29) is 30.3 Å². The Kier molecular flexibility index (Phi) is 6.88. The number of benzene rings is 2. The number of amides is 2. The molecule has 1 atom stereocenters. The van der Waals surface area contributed by atoms with Crippen LogP contribution in [0.5, 0.6) is 0 Å². The number of carbonyl (C=O) groups is 3. The molecule has 7 nitrogen and oxygen atoms in total. The van der Waals surface area contributed by atoms with E-state index >= 15 is 0 Å². The molecule has 2 aliphatic carbocycles. The number of hydrogen-bond acceptors (Lipinski definition) is 4. The van der Waals surface area contributed by atoms with Gasteiger partial charge in [0.2, 0.25) is 5.91 Å². The van der Waals surface area contributed by atoms with E-state index in [0.29, 0.717) is 19.3 Å². The summed E-state index contributed by atoms with van der Waals surface area (Å²) in [7, 11) is 0. The van der Waals surface area contributed by atoms with Gasteiger partial charge in [-0.25, -0.2) is 9.59 Å². The Morgan fingerprint density at radius 1 is 1.03 bits per heavy atom. The zero-order valence-corrected chi connectivity index (χ0v) is 20.6. The first-order valence-electron chi connectivity index (χ1n) is 12.2. The van der Waals surface area contributed by atoms with Gasteiger partial charge in [0.15, 0.2) is 0 Å². The average molecular weight is 479 g/mol. The summed E-state index contributed by atoms with van der Waals surface area (Å²) in [6.07, 6.45) is 2.00. The monoisotopic (exact) mass is 478 g/mol. The van der Waals surface area contributed by atoms with Gasteiger partial charge in [0.05, 0.1) is 5.54 Å². The number of fused-ring (bicyclic) bond motifs is 3. The summed E-state index contributed by atoms with van der Waals surface area (Å²) >= 11 is 0. The minimum absolute atomic E-state index is 0.0329. The summed E-state index contributed by atoms with van der Waals surface area (Å²) in [4.78, 5) is 37.1. The second-order valence-corrected chi connectivity index (χ2v) is 11.0. The Morgan fingerprint density at radius 2 is 1.60 bits per heavy atom. The first kappa shape index (κ1) is 24.8. The Balaban J connectivity index is 1.36. The van der Waals surface area contributed by atoms with Crippen LogP contribution in [0.25, 0.3) is 11.1 Å². The molecule has 1 saturated carbocycles. The highest BCUT2D eigenvalue weighted by Gasteiger charge is 2.42. The summed E-state index contributed by atoms with van der Waals surface area (Å²) < 4.78 is 5.66. The minimum Gasteiger partial charge on any atom is -0.480 e. The molecule has 0 aliphatic heterocycles. The van der Waals surface area contributed by atoms with Crippen molar-refractivity contribution in [2.75, 3.05) is 6.61 Å². The quantitative estimate of drug-likeness (QED) is 0.503. The lowest BCUT2D eigenvalue weighted by Crippen LogP contribution is -2.57. The topological polar surface area (TPSA) is 105 Å². The highest BCUT2D eigenvalue weighted by atomic mass is 16.5. The molecule has 7 heteroatoms. The summed E-state index contributed by atoms with van der Waals surface area (Å²) in [5, 5.41) is 15.1. The maximum atomic E-state index is 12.8. The van der Waals surface area contributed by atoms with Gasteiger partial charge in [0, 0.05) is 12.3 Å². The number of carboxylic acid groups (broad SMARTS) is 1. The lowest BCUT2D eigenvalue weighted by atomic mass is 9.74. The molecule has 4 rings (SSSR count). The molecular formula is C28H34N2O5. The summed E-state index contributed by atoms with van der Waals surface area (Å²) in [5.74, 6) is -1.47. The van der Waals surface area contributed by atoms with Crippen LogP contribution in [0, 0.1) is 5.41 Å². The van der Waals surface area contributed by atoms with Gasteiger partial charge in [-0.1, -0.05) is 69.3 Å². The second-order valence-electron chi connectivity index (χ2n) is 11.0.